The summed E-state index contributed by atoms with van der Waals surface area (Å²) in [6, 6.07) is 6.49. The van der Waals surface area contributed by atoms with Gasteiger partial charge in [0.25, 0.3) is 0 Å². The van der Waals surface area contributed by atoms with E-state index in [2.05, 4.69) is 40.0 Å². The summed E-state index contributed by atoms with van der Waals surface area (Å²) in [6.07, 6.45) is 1.90. The van der Waals surface area contributed by atoms with Crippen molar-refractivity contribution < 1.29 is 4.74 Å². The Morgan fingerprint density at radius 3 is 3.16 bits per heavy atom. The zero-order valence-corrected chi connectivity index (χ0v) is 12.0. The number of aromatic nitrogens is 2. The van der Waals surface area contributed by atoms with Gasteiger partial charge in [-0.3, -0.25) is 0 Å². The van der Waals surface area contributed by atoms with Crippen LogP contribution in [0.1, 0.15) is 34.7 Å². The molecule has 3 rings (SSSR count). The van der Waals surface area contributed by atoms with Crippen molar-refractivity contribution in [3.63, 3.8) is 0 Å². The highest BCUT2D eigenvalue weighted by molar-refractivity contribution is 7.05. The molecule has 100 valence electrons. The Balaban J connectivity index is 2.06. The molecule has 0 aliphatic carbocycles. The molecule has 0 amide bonds. The first-order chi connectivity index (χ1) is 9.35. The minimum Gasteiger partial charge on any atom is -0.493 e. The van der Waals surface area contributed by atoms with E-state index < -0.39 is 0 Å². The number of benzene rings is 1. The Morgan fingerprint density at radius 1 is 1.47 bits per heavy atom. The van der Waals surface area contributed by atoms with Crippen LogP contribution in [0.2, 0.25) is 0 Å². The Labute approximate surface area is 117 Å². The van der Waals surface area contributed by atoms with Crippen molar-refractivity contribution in [3.8, 4) is 5.75 Å². The zero-order chi connectivity index (χ0) is 13.2. The first kappa shape index (κ1) is 12.6. The van der Waals surface area contributed by atoms with Crippen LogP contribution in [0.3, 0.4) is 0 Å². The second kappa shape index (κ2) is 5.27. The van der Waals surface area contributed by atoms with Gasteiger partial charge in [0.15, 0.2) is 0 Å². The van der Waals surface area contributed by atoms with Crippen molar-refractivity contribution in [1.29, 1.82) is 0 Å². The summed E-state index contributed by atoms with van der Waals surface area (Å²) in [7, 11) is 1.97. The molecule has 0 saturated heterocycles. The fourth-order valence-corrected chi connectivity index (χ4v) is 3.44. The number of para-hydroxylation sites is 1. The van der Waals surface area contributed by atoms with Crippen molar-refractivity contribution >= 4 is 11.5 Å². The molecule has 0 radical (unpaired) electrons. The topological polar surface area (TPSA) is 47.0 Å². The molecule has 2 aromatic rings. The van der Waals surface area contributed by atoms with Crippen LogP contribution >= 0.6 is 11.5 Å². The molecule has 1 unspecified atom stereocenters. The second-order valence-corrected chi connectivity index (χ2v) is 5.38. The van der Waals surface area contributed by atoms with E-state index in [-0.39, 0.29) is 6.04 Å². The summed E-state index contributed by atoms with van der Waals surface area (Å²) in [5.74, 6) is 1.04. The Bertz CT molecular complexity index is 582. The molecule has 0 saturated carbocycles. The van der Waals surface area contributed by atoms with Crippen molar-refractivity contribution in [2.24, 2.45) is 0 Å². The van der Waals surface area contributed by atoms with Gasteiger partial charge in [-0.25, -0.2) is 0 Å². The van der Waals surface area contributed by atoms with Crippen molar-refractivity contribution in [3.05, 3.63) is 39.9 Å². The predicted molar refractivity (Wildman–Crippen MR) is 75.8 cm³/mol. The highest BCUT2D eigenvalue weighted by atomic mass is 32.1. The van der Waals surface area contributed by atoms with Crippen LogP contribution in [0.15, 0.2) is 18.2 Å². The average molecular weight is 275 g/mol. The van der Waals surface area contributed by atoms with E-state index in [4.69, 9.17) is 4.74 Å². The summed E-state index contributed by atoms with van der Waals surface area (Å²) in [5.41, 5.74) is 3.56. The van der Waals surface area contributed by atoms with Crippen LogP contribution in [0.5, 0.6) is 5.75 Å². The standard InChI is InChI=1S/C14H17N3OS/c1-3-11-14(19-17-16-11)12(15-2)10-6-4-5-9-7-8-18-13(9)10/h4-6,12,15H,3,7-8H2,1-2H3. The minimum absolute atomic E-state index is 0.114. The van der Waals surface area contributed by atoms with Gasteiger partial charge in [0.05, 0.1) is 23.2 Å². The maximum absolute atomic E-state index is 5.81. The lowest BCUT2D eigenvalue weighted by molar-refractivity contribution is 0.351. The largest absolute Gasteiger partial charge is 0.493 e. The molecule has 19 heavy (non-hydrogen) atoms. The van der Waals surface area contributed by atoms with Crippen LogP contribution in [-0.2, 0) is 12.8 Å². The molecule has 0 fully saturated rings. The van der Waals surface area contributed by atoms with Crippen LogP contribution in [0.4, 0.5) is 0 Å². The predicted octanol–water partition coefficient (Wildman–Crippen LogP) is 2.34. The molecular weight excluding hydrogens is 258 g/mol. The van der Waals surface area contributed by atoms with E-state index in [9.17, 15) is 0 Å². The van der Waals surface area contributed by atoms with Crippen LogP contribution in [-0.4, -0.2) is 23.2 Å². The fraction of sp³-hybridized carbons (Fsp3) is 0.429. The van der Waals surface area contributed by atoms with Crippen LogP contribution in [0, 0.1) is 0 Å². The summed E-state index contributed by atoms with van der Waals surface area (Å²) in [4.78, 5) is 1.19. The Kier molecular flexibility index (Phi) is 3.48. The first-order valence-corrected chi connectivity index (χ1v) is 7.35. The highest BCUT2D eigenvalue weighted by Gasteiger charge is 2.25. The molecule has 1 aliphatic rings. The summed E-state index contributed by atoms with van der Waals surface area (Å²) >= 11 is 1.47. The lowest BCUT2D eigenvalue weighted by Crippen LogP contribution is -2.18. The number of hydrogen-bond acceptors (Lipinski definition) is 5. The SMILES string of the molecule is CCc1nnsc1C(NC)c1cccc2c1OCC2. The van der Waals surface area contributed by atoms with Crippen molar-refractivity contribution in [2.45, 2.75) is 25.8 Å². The van der Waals surface area contributed by atoms with Gasteiger partial charge >= 0.3 is 0 Å². The molecular formula is C14H17N3OS. The Hall–Kier alpha value is -1.46. The van der Waals surface area contributed by atoms with Gasteiger partial charge in [-0.05, 0) is 30.6 Å². The first-order valence-electron chi connectivity index (χ1n) is 6.58. The number of nitrogens with one attached hydrogen (secondary N) is 1. The number of aryl methyl sites for hydroxylation is 1. The number of fused-ring (bicyclic) bond motifs is 1. The zero-order valence-electron chi connectivity index (χ0n) is 11.1. The molecule has 1 aromatic carbocycles. The lowest BCUT2D eigenvalue weighted by atomic mass is 9.99. The van der Waals surface area contributed by atoms with E-state index >= 15 is 0 Å². The maximum Gasteiger partial charge on any atom is 0.127 e. The molecule has 0 bridgehead atoms. The van der Waals surface area contributed by atoms with Crippen LogP contribution in [0.25, 0.3) is 0 Å². The van der Waals surface area contributed by atoms with Gasteiger partial charge in [0, 0.05) is 12.0 Å². The third-order valence-electron chi connectivity index (χ3n) is 3.53. The number of hydrogen-bond donors (Lipinski definition) is 1. The third kappa shape index (κ3) is 2.13. The molecule has 2 heterocycles. The minimum atomic E-state index is 0.114. The fourth-order valence-electron chi connectivity index (χ4n) is 2.58. The maximum atomic E-state index is 5.81. The van der Waals surface area contributed by atoms with Crippen molar-refractivity contribution in [2.75, 3.05) is 13.7 Å². The second-order valence-electron chi connectivity index (χ2n) is 4.59. The van der Waals surface area contributed by atoms with Gasteiger partial charge in [0.1, 0.15) is 5.75 Å². The highest BCUT2D eigenvalue weighted by Crippen LogP contribution is 2.37. The van der Waals surface area contributed by atoms with Gasteiger partial charge in [-0.15, -0.1) is 5.10 Å². The monoisotopic (exact) mass is 275 g/mol. The van der Waals surface area contributed by atoms with Crippen LogP contribution < -0.4 is 10.1 Å². The molecule has 0 spiro atoms. The molecule has 1 N–H and O–H groups in total. The summed E-state index contributed by atoms with van der Waals surface area (Å²) in [6.45, 7) is 2.89. The molecule has 1 atom stereocenters. The van der Waals surface area contributed by atoms with Gasteiger partial charge < -0.3 is 10.1 Å². The van der Waals surface area contributed by atoms with Crippen molar-refractivity contribution in [1.82, 2.24) is 14.9 Å². The molecule has 4 nitrogen and oxygen atoms in total. The smallest absolute Gasteiger partial charge is 0.127 e. The summed E-state index contributed by atoms with van der Waals surface area (Å²) in [5, 5.41) is 7.59. The van der Waals surface area contributed by atoms with Gasteiger partial charge in [-0.2, -0.15) is 0 Å². The molecule has 1 aliphatic heterocycles. The lowest BCUT2D eigenvalue weighted by Gasteiger charge is -2.18. The van der Waals surface area contributed by atoms with E-state index in [0.717, 1.165) is 30.9 Å². The van der Waals surface area contributed by atoms with Gasteiger partial charge in [-0.1, -0.05) is 29.6 Å². The number of nitrogens with zero attached hydrogens (tertiary/aromatic N) is 2. The average Bonchev–Trinajstić information content (AvgIpc) is 3.08. The Morgan fingerprint density at radius 2 is 2.37 bits per heavy atom. The summed E-state index contributed by atoms with van der Waals surface area (Å²) < 4.78 is 9.90. The van der Waals surface area contributed by atoms with Gasteiger partial charge in [0.2, 0.25) is 0 Å². The van der Waals surface area contributed by atoms with E-state index in [1.54, 1.807) is 0 Å². The number of ether oxygens (including phenoxy) is 1. The normalized spacial score (nSPS) is 15.1. The molecule has 5 heteroatoms. The quantitative estimate of drug-likeness (QED) is 0.930. The van der Waals surface area contributed by atoms with E-state index in [1.165, 1.54) is 27.5 Å². The molecule has 1 aromatic heterocycles. The third-order valence-corrected chi connectivity index (χ3v) is 4.36. The van der Waals surface area contributed by atoms with E-state index in [1.807, 2.05) is 7.05 Å². The van der Waals surface area contributed by atoms with E-state index in [0.29, 0.717) is 0 Å². The number of rotatable bonds is 4.